The van der Waals surface area contributed by atoms with Crippen molar-refractivity contribution in [3.63, 3.8) is 0 Å². The number of aromatic nitrogens is 3. The van der Waals surface area contributed by atoms with E-state index in [9.17, 15) is 4.79 Å². The van der Waals surface area contributed by atoms with Gasteiger partial charge in [-0.25, -0.2) is 0 Å². The largest absolute Gasteiger partial charge is 0.452 e. The van der Waals surface area contributed by atoms with E-state index in [0.717, 1.165) is 29.3 Å². The van der Waals surface area contributed by atoms with Crippen molar-refractivity contribution in [3.05, 3.63) is 53.8 Å². The predicted octanol–water partition coefficient (Wildman–Crippen LogP) is 3.34. The Morgan fingerprint density at radius 3 is 3.00 bits per heavy atom. The van der Waals surface area contributed by atoms with Crippen LogP contribution in [0, 0.1) is 0 Å². The Labute approximate surface area is 138 Å². The first-order valence-corrected chi connectivity index (χ1v) is 8.06. The van der Waals surface area contributed by atoms with Crippen molar-refractivity contribution in [1.82, 2.24) is 15.1 Å². The number of hydrogen-bond donors (Lipinski definition) is 0. The Bertz CT molecular complexity index is 881. The van der Waals surface area contributed by atoms with Gasteiger partial charge in [0.25, 0.3) is 5.89 Å². The van der Waals surface area contributed by atoms with Crippen LogP contribution in [0.25, 0.3) is 10.9 Å². The zero-order valence-electron chi connectivity index (χ0n) is 13.3. The Morgan fingerprint density at radius 2 is 2.17 bits per heavy atom. The smallest absolute Gasteiger partial charge is 0.311 e. The van der Waals surface area contributed by atoms with Gasteiger partial charge in [0, 0.05) is 17.5 Å². The van der Waals surface area contributed by atoms with E-state index in [0.29, 0.717) is 17.6 Å². The second kappa shape index (κ2) is 6.03. The van der Waals surface area contributed by atoms with E-state index in [1.54, 1.807) is 13.1 Å². The van der Waals surface area contributed by atoms with Gasteiger partial charge in [-0.1, -0.05) is 29.4 Å². The number of ether oxygens (including phenoxy) is 1. The Morgan fingerprint density at radius 1 is 1.33 bits per heavy atom. The van der Waals surface area contributed by atoms with E-state index in [4.69, 9.17) is 9.26 Å². The molecule has 0 spiro atoms. The lowest BCUT2D eigenvalue weighted by Crippen LogP contribution is -2.12. The van der Waals surface area contributed by atoms with Crippen molar-refractivity contribution in [3.8, 4) is 0 Å². The van der Waals surface area contributed by atoms with E-state index >= 15 is 0 Å². The fraction of sp³-hybridized carbons (Fsp3) is 0.333. The third-order valence-electron chi connectivity index (χ3n) is 4.11. The number of para-hydroxylation sites is 1. The molecule has 24 heavy (non-hydrogen) atoms. The quantitative estimate of drug-likeness (QED) is 0.670. The number of nitrogens with zero attached hydrogens (tertiary/aromatic N) is 3. The van der Waals surface area contributed by atoms with Gasteiger partial charge in [0.1, 0.15) is 0 Å². The first-order valence-electron chi connectivity index (χ1n) is 8.06. The maximum absolute atomic E-state index is 12.3. The van der Waals surface area contributed by atoms with Crippen LogP contribution in [0.4, 0.5) is 0 Å². The Hall–Kier alpha value is -2.76. The summed E-state index contributed by atoms with van der Waals surface area (Å²) in [6.07, 6.45) is 3.52. The topological polar surface area (TPSA) is 78.1 Å². The third kappa shape index (κ3) is 2.99. The molecule has 6 nitrogen and oxygen atoms in total. The summed E-state index contributed by atoms with van der Waals surface area (Å²) in [4.78, 5) is 20.9. The van der Waals surface area contributed by atoms with Crippen LogP contribution >= 0.6 is 0 Å². The van der Waals surface area contributed by atoms with E-state index in [-0.39, 0.29) is 12.4 Å². The molecule has 4 rings (SSSR count). The molecule has 6 heteroatoms. The van der Waals surface area contributed by atoms with Crippen molar-refractivity contribution >= 4 is 16.9 Å². The molecule has 1 aliphatic carbocycles. The monoisotopic (exact) mass is 323 g/mol. The fourth-order valence-corrected chi connectivity index (χ4v) is 2.67. The fourth-order valence-electron chi connectivity index (χ4n) is 2.67. The molecule has 0 bridgehead atoms. The molecule has 1 fully saturated rings. The Balaban J connectivity index is 1.45. The molecule has 1 atom stereocenters. The van der Waals surface area contributed by atoms with Crippen LogP contribution in [0.5, 0.6) is 0 Å². The highest BCUT2D eigenvalue weighted by Gasteiger charge is 2.30. The first kappa shape index (κ1) is 14.8. The molecule has 0 radical (unpaired) electrons. The second-order valence-corrected chi connectivity index (χ2v) is 6.07. The number of esters is 1. The normalized spacial score (nSPS) is 15.4. The molecule has 2 aromatic heterocycles. The number of benzene rings is 1. The van der Waals surface area contributed by atoms with E-state index in [1.807, 2.05) is 30.3 Å². The lowest BCUT2D eigenvalue weighted by molar-refractivity contribution is -0.148. The molecule has 1 aliphatic rings. The zero-order valence-corrected chi connectivity index (χ0v) is 13.3. The van der Waals surface area contributed by atoms with Crippen LogP contribution in [0.2, 0.25) is 0 Å². The summed E-state index contributed by atoms with van der Waals surface area (Å²) in [5, 5.41) is 4.95. The molecule has 0 aliphatic heterocycles. The van der Waals surface area contributed by atoms with Gasteiger partial charge in [-0.15, -0.1) is 0 Å². The van der Waals surface area contributed by atoms with Crippen LogP contribution in [0.1, 0.15) is 49.1 Å². The molecule has 122 valence electrons. The minimum absolute atomic E-state index is 0.155. The second-order valence-electron chi connectivity index (χ2n) is 6.07. The van der Waals surface area contributed by atoms with Gasteiger partial charge in [-0.3, -0.25) is 9.78 Å². The highest BCUT2D eigenvalue weighted by molar-refractivity contribution is 5.85. The van der Waals surface area contributed by atoms with Crippen LogP contribution in [-0.2, 0) is 16.0 Å². The molecular formula is C18H17N3O3. The summed E-state index contributed by atoms with van der Waals surface area (Å²) in [7, 11) is 0. The first-order chi connectivity index (χ1) is 11.7. The highest BCUT2D eigenvalue weighted by Crippen LogP contribution is 2.38. The minimum Gasteiger partial charge on any atom is -0.452 e. The van der Waals surface area contributed by atoms with Crippen LogP contribution in [0.3, 0.4) is 0 Å². The lowest BCUT2D eigenvalue weighted by Gasteiger charge is -2.10. The maximum Gasteiger partial charge on any atom is 0.311 e. The molecule has 0 N–H and O–H groups in total. The van der Waals surface area contributed by atoms with Gasteiger partial charge in [0.05, 0.1) is 11.9 Å². The van der Waals surface area contributed by atoms with Gasteiger partial charge in [-0.05, 0) is 31.4 Å². The van der Waals surface area contributed by atoms with Crippen molar-refractivity contribution in [2.45, 2.75) is 38.2 Å². The average molecular weight is 323 g/mol. The van der Waals surface area contributed by atoms with E-state index < -0.39 is 6.10 Å². The number of hydrogen-bond acceptors (Lipinski definition) is 6. The summed E-state index contributed by atoms with van der Waals surface area (Å²) in [5.41, 5.74) is 1.66. The molecule has 3 aromatic rings. The van der Waals surface area contributed by atoms with Gasteiger partial charge in [-0.2, -0.15) is 4.98 Å². The van der Waals surface area contributed by atoms with Crippen molar-refractivity contribution in [2.24, 2.45) is 0 Å². The Kier molecular flexibility index (Phi) is 3.72. The summed E-state index contributed by atoms with van der Waals surface area (Å²) >= 11 is 0. The van der Waals surface area contributed by atoms with Crippen molar-refractivity contribution in [2.75, 3.05) is 0 Å². The number of pyridine rings is 1. The number of carbonyl (C=O) groups excluding carboxylic acids is 1. The lowest BCUT2D eigenvalue weighted by atomic mass is 10.1. The zero-order chi connectivity index (χ0) is 16.5. The molecule has 0 amide bonds. The van der Waals surface area contributed by atoms with Gasteiger partial charge >= 0.3 is 5.97 Å². The van der Waals surface area contributed by atoms with Crippen molar-refractivity contribution in [1.29, 1.82) is 0 Å². The van der Waals surface area contributed by atoms with Gasteiger partial charge < -0.3 is 9.26 Å². The summed E-state index contributed by atoms with van der Waals surface area (Å²) in [6.45, 7) is 1.74. The molecule has 1 aromatic carbocycles. The van der Waals surface area contributed by atoms with E-state index in [1.165, 1.54) is 0 Å². The molecule has 0 saturated heterocycles. The van der Waals surface area contributed by atoms with Crippen LogP contribution < -0.4 is 0 Å². The van der Waals surface area contributed by atoms with Gasteiger partial charge in [0.2, 0.25) is 0 Å². The van der Waals surface area contributed by atoms with Gasteiger partial charge in [0.15, 0.2) is 11.9 Å². The molecule has 1 saturated carbocycles. The predicted molar refractivity (Wildman–Crippen MR) is 86.2 cm³/mol. The standard InChI is InChI=1S/C18H17N3O3/c1-11(18-20-17(21-24-18)13-7-8-13)23-15(22)10-14-5-2-4-12-6-3-9-19-16(12)14/h2-6,9,11,13H,7-8,10H2,1H3. The summed E-state index contributed by atoms with van der Waals surface area (Å²) < 4.78 is 10.6. The maximum atomic E-state index is 12.3. The number of fused-ring (bicyclic) bond motifs is 1. The molecular weight excluding hydrogens is 306 g/mol. The van der Waals surface area contributed by atoms with Crippen LogP contribution in [0.15, 0.2) is 41.1 Å². The third-order valence-corrected chi connectivity index (χ3v) is 4.11. The van der Waals surface area contributed by atoms with E-state index in [2.05, 4.69) is 15.1 Å². The summed E-state index contributed by atoms with van der Waals surface area (Å²) in [6, 6.07) is 9.62. The number of carbonyl (C=O) groups is 1. The van der Waals surface area contributed by atoms with Crippen molar-refractivity contribution < 1.29 is 14.1 Å². The SMILES string of the molecule is CC(OC(=O)Cc1cccc2cccnc12)c1nc(C2CC2)no1. The molecule has 1 unspecified atom stereocenters. The highest BCUT2D eigenvalue weighted by atomic mass is 16.6. The minimum atomic E-state index is -0.555. The average Bonchev–Trinajstić information content (AvgIpc) is 3.32. The van der Waals surface area contributed by atoms with Crippen LogP contribution in [-0.4, -0.2) is 21.1 Å². The summed E-state index contributed by atoms with van der Waals surface area (Å²) in [5.74, 6) is 1.13. The number of rotatable bonds is 5. The molecule has 2 heterocycles.